The summed E-state index contributed by atoms with van der Waals surface area (Å²) in [7, 11) is 1.90. The van der Waals surface area contributed by atoms with Crippen LogP contribution in [0.25, 0.3) is 11.0 Å². The van der Waals surface area contributed by atoms with Gasteiger partial charge in [0.2, 0.25) is 0 Å². The van der Waals surface area contributed by atoms with Gasteiger partial charge in [0.25, 0.3) is 0 Å². The SMILES string of the molecule is Cc1nc(C2CCCCN2N)c2cnn(C)c2n1. The Hall–Kier alpha value is -1.53. The number of rotatable bonds is 1. The van der Waals surface area contributed by atoms with Crippen molar-refractivity contribution in [1.29, 1.82) is 0 Å². The first-order valence-corrected chi connectivity index (χ1v) is 6.34. The normalized spacial score (nSPS) is 21.6. The molecule has 3 heterocycles. The highest BCUT2D eigenvalue weighted by Crippen LogP contribution is 2.31. The molecule has 1 aliphatic rings. The minimum Gasteiger partial charge on any atom is -0.268 e. The van der Waals surface area contributed by atoms with Gasteiger partial charge >= 0.3 is 0 Å². The van der Waals surface area contributed by atoms with Crippen molar-refractivity contribution in [2.24, 2.45) is 12.9 Å². The second-order valence-electron chi connectivity index (χ2n) is 4.91. The number of nitrogens with zero attached hydrogens (tertiary/aromatic N) is 5. The van der Waals surface area contributed by atoms with Gasteiger partial charge in [-0.3, -0.25) is 10.5 Å². The fraction of sp³-hybridized carbons (Fsp3) is 0.583. The highest BCUT2D eigenvalue weighted by molar-refractivity contribution is 5.77. The van der Waals surface area contributed by atoms with Gasteiger partial charge in [0.15, 0.2) is 5.65 Å². The van der Waals surface area contributed by atoms with Gasteiger partial charge in [0, 0.05) is 13.6 Å². The molecule has 0 aliphatic carbocycles. The maximum Gasteiger partial charge on any atom is 0.161 e. The molecular weight excluding hydrogens is 228 g/mol. The molecule has 1 fully saturated rings. The molecular formula is C12H18N6. The van der Waals surface area contributed by atoms with Gasteiger partial charge in [-0.05, 0) is 19.8 Å². The van der Waals surface area contributed by atoms with Crippen LogP contribution in [-0.2, 0) is 7.05 Å². The predicted molar refractivity (Wildman–Crippen MR) is 68.5 cm³/mol. The van der Waals surface area contributed by atoms with E-state index in [9.17, 15) is 0 Å². The Morgan fingerprint density at radius 2 is 2.17 bits per heavy atom. The summed E-state index contributed by atoms with van der Waals surface area (Å²) in [6, 6.07) is 0.187. The Morgan fingerprint density at radius 1 is 1.33 bits per heavy atom. The van der Waals surface area contributed by atoms with Gasteiger partial charge < -0.3 is 0 Å². The van der Waals surface area contributed by atoms with Gasteiger partial charge in [0.1, 0.15) is 5.82 Å². The average molecular weight is 246 g/mol. The van der Waals surface area contributed by atoms with Gasteiger partial charge in [-0.1, -0.05) is 6.42 Å². The Labute approximate surface area is 106 Å². The second kappa shape index (κ2) is 4.29. The topological polar surface area (TPSA) is 72.9 Å². The second-order valence-corrected chi connectivity index (χ2v) is 4.91. The monoisotopic (exact) mass is 246 g/mol. The maximum atomic E-state index is 6.10. The molecule has 2 aromatic heterocycles. The Balaban J connectivity index is 2.15. The van der Waals surface area contributed by atoms with Crippen LogP contribution in [0.2, 0.25) is 0 Å². The summed E-state index contributed by atoms with van der Waals surface area (Å²) in [6.45, 7) is 2.84. The van der Waals surface area contributed by atoms with Crippen molar-refractivity contribution in [1.82, 2.24) is 24.8 Å². The van der Waals surface area contributed by atoms with Gasteiger partial charge in [-0.2, -0.15) is 5.10 Å². The van der Waals surface area contributed by atoms with E-state index in [-0.39, 0.29) is 6.04 Å². The lowest BCUT2D eigenvalue weighted by atomic mass is 9.99. The van der Waals surface area contributed by atoms with Crippen molar-refractivity contribution < 1.29 is 0 Å². The van der Waals surface area contributed by atoms with E-state index in [1.807, 2.05) is 25.2 Å². The van der Waals surface area contributed by atoms with E-state index in [0.29, 0.717) is 0 Å². The number of hydrogen-bond donors (Lipinski definition) is 1. The van der Waals surface area contributed by atoms with Crippen LogP contribution in [0.1, 0.15) is 36.8 Å². The van der Waals surface area contributed by atoms with Crippen molar-refractivity contribution in [2.45, 2.75) is 32.2 Å². The summed E-state index contributed by atoms with van der Waals surface area (Å²) in [4.78, 5) is 9.05. The largest absolute Gasteiger partial charge is 0.268 e. The summed E-state index contributed by atoms with van der Waals surface area (Å²) >= 11 is 0. The average Bonchev–Trinajstić information content (AvgIpc) is 2.71. The van der Waals surface area contributed by atoms with Crippen molar-refractivity contribution in [2.75, 3.05) is 6.54 Å². The molecule has 1 saturated heterocycles. The molecule has 1 unspecified atom stereocenters. The highest BCUT2D eigenvalue weighted by atomic mass is 15.4. The standard InChI is InChI=1S/C12H18N6/c1-8-15-11(10-5-3-4-6-18(10)13)9-7-14-17(2)12(9)16-8/h7,10H,3-6,13H2,1-2H3. The molecule has 0 saturated carbocycles. The highest BCUT2D eigenvalue weighted by Gasteiger charge is 2.25. The van der Waals surface area contributed by atoms with Crippen molar-refractivity contribution in [3.63, 3.8) is 0 Å². The lowest BCUT2D eigenvalue weighted by Crippen LogP contribution is -2.39. The van der Waals surface area contributed by atoms with E-state index in [1.54, 1.807) is 4.68 Å². The third-order valence-electron chi connectivity index (χ3n) is 3.59. The van der Waals surface area contributed by atoms with Crippen LogP contribution < -0.4 is 5.84 Å². The van der Waals surface area contributed by atoms with Crippen LogP contribution in [0, 0.1) is 6.92 Å². The van der Waals surface area contributed by atoms with Crippen LogP contribution in [0.15, 0.2) is 6.20 Å². The number of aromatic nitrogens is 4. The van der Waals surface area contributed by atoms with E-state index in [2.05, 4.69) is 15.1 Å². The van der Waals surface area contributed by atoms with Crippen LogP contribution >= 0.6 is 0 Å². The molecule has 0 aromatic carbocycles. The summed E-state index contributed by atoms with van der Waals surface area (Å²) in [5.41, 5.74) is 1.91. The number of hydrogen-bond acceptors (Lipinski definition) is 5. The van der Waals surface area contributed by atoms with E-state index in [0.717, 1.165) is 41.9 Å². The third-order valence-corrected chi connectivity index (χ3v) is 3.59. The molecule has 96 valence electrons. The number of nitrogens with two attached hydrogens (primary N) is 1. The summed E-state index contributed by atoms with van der Waals surface area (Å²) in [5, 5.41) is 7.19. The molecule has 3 rings (SSSR count). The zero-order valence-corrected chi connectivity index (χ0v) is 10.8. The van der Waals surface area contributed by atoms with Gasteiger partial charge in [-0.15, -0.1) is 0 Å². The minimum atomic E-state index is 0.187. The maximum absolute atomic E-state index is 6.10. The fourth-order valence-electron chi connectivity index (χ4n) is 2.66. The minimum absolute atomic E-state index is 0.187. The first kappa shape index (κ1) is 11.6. The Morgan fingerprint density at radius 3 is 2.94 bits per heavy atom. The molecule has 6 heteroatoms. The molecule has 2 aromatic rings. The van der Waals surface area contributed by atoms with Crippen molar-refractivity contribution in [3.05, 3.63) is 17.7 Å². The van der Waals surface area contributed by atoms with Crippen molar-refractivity contribution in [3.8, 4) is 0 Å². The van der Waals surface area contributed by atoms with Crippen LogP contribution in [0.4, 0.5) is 0 Å². The summed E-state index contributed by atoms with van der Waals surface area (Å²) in [5.74, 6) is 6.88. The molecule has 0 amide bonds. The number of piperidine rings is 1. The summed E-state index contributed by atoms with van der Waals surface area (Å²) in [6.07, 6.45) is 5.25. The van der Waals surface area contributed by atoms with Gasteiger partial charge in [0.05, 0.1) is 23.3 Å². The lowest BCUT2D eigenvalue weighted by molar-refractivity contribution is 0.149. The number of hydrazine groups is 1. The first-order valence-electron chi connectivity index (χ1n) is 6.34. The Kier molecular flexibility index (Phi) is 2.76. The smallest absolute Gasteiger partial charge is 0.161 e. The number of aryl methyl sites for hydroxylation is 2. The molecule has 0 spiro atoms. The zero-order valence-electron chi connectivity index (χ0n) is 10.8. The van der Waals surface area contributed by atoms with E-state index in [1.165, 1.54) is 6.42 Å². The van der Waals surface area contributed by atoms with Crippen LogP contribution in [0.3, 0.4) is 0 Å². The van der Waals surface area contributed by atoms with E-state index in [4.69, 9.17) is 5.84 Å². The predicted octanol–water partition coefficient (Wildman–Crippen LogP) is 1.07. The lowest BCUT2D eigenvalue weighted by Gasteiger charge is -2.31. The molecule has 0 bridgehead atoms. The molecule has 0 radical (unpaired) electrons. The van der Waals surface area contributed by atoms with E-state index < -0.39 is 0 Å². The van der Waals surface area contributed by atoms with Crippen molar-refractivity contribution >= 4 is 11.0 Å². The molecule has 6 nitrogen and oxygen atoms in total. The quantitative estimate of drug-likeness (QED) is 0.762. The van der Waals surface area contributed by atoms with Gasteiger partial charge in [-0.25, -0.2) is 15.0 Å². The van der Waals surface area contributed by atoms with Crippen LogP contribution in [-0.4, -0.2) is 31.3 Å². The molecule has 1 aliphatic heterocycles. The summed E-state index contributed by atoms with van der Waals surface area (Å²) < 4.78 is 1.79. The first-order chi connectivity index (χ1) is 8.66. The molecule has 2 N–H and O–H groups in total. The van der Waals surface area contributed by atoms with E-state index >= 15 is 0 Å². The third kappa shape index (κ3) is 1.77. The molecule has 18 heavy (non-hydrogen) atoms. The zero-order chi connectivity index (χ0) is 12.7. The van der Waals surface area contributed by atoms with Crippen LogP contribution in [0.5, 0.6) is 0 Å². The Bertz CT molecular complexity index is 575. The number of fused-ring (bicyclic) bond motifs is 1. The fourth-order valence-corrected chi connectivity index (χ4v) is 2.66. The molecule has 1 atom stereocenters.